The number of rotatable bonds is 8. The van der Waals surface area contributed by atoms with Gasteiger partial charge in [0.05, 0.1) is 11.3 Å². The highest BCUT2D eigenvalue weighted by molar-refractivity contribution is 5.96. The molecule has 0 saturated heterocycles. The number of carboxylic acid groups (broad SMARTS) is 1. The number of ether oxygens (including phenoxy) is 1. The molecule has 5 nitrogen and oxygen atoms in total. The van der Waals surface area contributed by atoms with Crippen molar-refractivity contribution in [3.63, 3.8) is 0 Å². The molecule has 1 unspecified atom stereocenters. The first-order valence-corrected chi connectivity index (χ1v) is 8.20. The number of nitrogens with one attached hydrogen (secondary N) is 1. The lowest BCUT2D eigenvalue weighted by atomic mass is 9.66. The van der Waals surface area contributed by atoms with E-state index in [1.54, 1.807) is 31.2 Å². The van der Waals surface area contributed by atoms with Crippen molar-refractivity contribution in [3.8, 4) is 0 Å². The van der Waals surface area contributed by atoms with Gasteiger partial charge in [-0.25, -0.2) is 0 Å². The topological polar surface area (TPSA) is 75.6 Å². The average molecular weight is 319 g/mol. The SMILES string of the molecule is CCOCCC1(C(=O)Nc2ccc(C(C)C(=O)O)cc2)CCC1. The van der Waals surface area contributed by atoms with Crippen LogP contribution in [-0.2, 0) is 14.3 Å². The molecular weight excluding hydrogens is 294 g/mol. The van der Waals surface area contributed by atoms with E-state index >= 15 is 0 Å². The third-order valence-electron chi connectivity index (χ3n) is 4.76. The minimum absolute atomic E-state index is 0.0440. The molecule has 1 fully saturated rings. The Morgan fingerprint density at radius 1 is 1.30 bits per heavy atom. The van der Waals surface area contributed by atoms with E-state index in [-0.39, 0.29) is 11.3 Å². The minimum atomic E-state index is -0.855. The molecular formula is C18H25NO4. The number of hydrogen-bond donors (Lipinski definition) is 2. The van der Waals surface area contributed by atoms with Gasteiger partial charge in [0.25, 0.3) is 0 Å². The van der Waals surface area contributed by atoms with Crippen LogP contribution in [0.4, 0.5) is 5.69 Å². The number of benzene rings is 1. The molecule has 0 bridgehead atoms. The van der Waals surface area contributed by atoms with Gasteiger partial charge in [0.15, 0.2) is 0 Å². The number of anilines is 1. The first-order valence-electron chi connectivity index (χ1n) is 8.20. The summed E-state index contributed by atoms with van der Waals surface area (Å²) in [7, 11) is 0. The second-order valence-electron chi connectivity index (χ2n) is 6.22. The van der Waals surface area contributed by atoms with Gasteiger partial charge in [0.1, 0.15) is 0 Å². The third kappa shape index (κ3) is 4.10. The number of carboxylic acids is 1. The van der Waals surface area contributed by atoms with Crippen LogP contribution in [-0.4, -0.2) is 30.2 Å². The molecule has 2 rings (SSSR count). The number of amides is 1. The molecule has 1 atom stereocenters. The molecule has 1 amide bonds. The third-order valence-corrected chi connectivity index (χ3v) is 4.76. The largest absolute Gasteiger partial charge is 0.481 e. The predicted octanol–water partition coefficient (Wildman–Crippen LogP) is 3.41. The molecule has 5 heteroatoms. The summed E-state index contributed by atoms with van der Waals surface area (Å²) >= 11 is 0. The maximum absolute atomic E-state index is 12.6. The lowest BCUT2D eigenvalue weighted by Crippen LogP contribution is -2.42. The van der Waals surface area contributed by atoms with Crippen molar-refractivity contribution >= 4 is 17.6 Å². The van der Waals surface area contributed by atoms with E-state index in [0.717, 1.165) is 31.2 Å². The summed E-state index contributed by atoms with van der Waals surface area (Å²) in [4.78, 5) is 23.6. The standard InChI is InChI=1S/C18H25NO4/c1-3-23-12-11-18(9-4-10-18)17(22)19-15-7-5-14(6-8-15)13(2)16(20)21/h5-8,13H,3-4,9-12H2,1-2H3,(H,19,22)(H,20,21). The lowest BCUT2D eigenvalue weighted by Gasteiger charge is -2.40. The molecule has 0 aliphatic heterocycles. The fraction of sp³-hybridized carbons (Fsp3) is 0.556. The second-order valence-corrected chi connectivity index (χ2v) is 6.22. The highest BCUT2D eigenvalue weighted by Crippen LogP contribution is 2.44. The van der Waals surface area contributed by atoms with E-state index in [2.05, 4.69) is 5.32 Å². The van der Waals surface area contributed by atoms with Crippen molar-refractivity contribution in [2.75, 3.05) is 18.5 Å². The van der Waals surface area contributed by atoms with Crippen LogP contribution in [0.3, 0.4) is 0 Å². The maximum Gasteiger partial charge on any atom is 0.310 e. The molecule has 0 aromatic heterocycles. The van der Waals surface area contributed by atoms with E-state index in [0.29, 0.717) is 18.9 Å². The van der Waals surface area contributed by atoms with Gasteiger partial charge in [0, 0.05) is 18.9 Å². The zero-order valence-electron chi connectivity index (χ0n) is 13.8. The van der Waals surface area contributed by atoms with Crippen LogP contribution in [0.5, 0.6) is 0 Å². The lowest BCUT2D eigenvalue weighted by molar-refractivity contribution is -0.138. The normalized spacial score (nSPS) is 17.1. The fourth-order valence-corrected chi connectivity index (χ4v) is 2.87. The van der Waals surface area contributed by atoms with Crippen LogP contribution < -0.4 is 5.32 Å². The molecule has 1 aromatic rings. The van der Waals surface area contributed by atoms with Crippen LogP contribution in [0.25, 0.3) is 0 Å². The van der Waals surface area contributed by atoms with Crippen LogP contribution in [0.2, 0.25) is 0 Å². The Bertz CT molecular complexity index is 549. The molecule has 0 spiro atoms. The molecule has 23 heavy (non-hydrogen) atoms. The van der Waals surface area contributed by atoms with E-state index in [9.17, 15) is 9.59 Å². The zero-order valence-corrected chi connectivity index (χ0v) is 13.8. The summed E-state index contributed by atoms with van der Waals surface area (Å²) in [5.74, 6) is -1.36. The summed E-state index contributed by atoms with van der Waals surface area (Å²) in [6.07, 6.45) is 3.63. The van der Waals surface area contributed by atoms with Gasteiger partial charge < -0.3 is 15.2 Å². The van der Waals surface area contributed by atoms with Crippen molar-refractivity contribution in [2.24, 2.45) is 5.41 Å². The Morgan fingerprint density at radius 3 is 2.43 bits per heavy atom. The summed E-state index contributed by atoms with van der Waals surface area (Å²) in [5, 5.41) is 12.0. The Balaban J connectivity index is 1.97. The van der Waals surface area contributed by atoms with Crippen LogP contribution in [0.15, 0.2) is 24.3 Å². The first-order chi connectivity index (χ1) is 11.0. The Kier molecular flexibility index (Phi) is 5.77. The highest BCUT2D eigenvalue weighted by atomic mass is 16.5. The number of carbonyl (C=O) groups is 2. The predicted molar refractivity (Wildman–Crippen MR) is 88.5 cm³/mol. The van der Waals surface area contributed by atoms with Crippen molar-refractivity contribution in [1.82, 2.24) is 0 Å². The summed E-state index contributed by atoms with van der Waals surface area (Å²) < 4.78 is 5.39. The smallest absolute Gasteiger partial charge is 0.310 e. The molecule has 0 radical (unpaired) electrons. The van der Waals surface area contributed by atoms with E-state index < -0.39 is 11.9 Å². The first kappa shape index (κ1) is 17.5. The Labute approximate surface area is 137 Å². The van der Waals surface area contributed by atoms with Gasteiger partial charge in [-0.3, -0.25) is 9.59 Å². The van der Waals surface area contributed by atoms with Crippen LogP contribution in [0, 0.1) is 5.41 Å². The van der Waals surface area contributed by atoms with Crippen LogP contribution >= 0.6 is 0 Å². The molecule has 126 valence electrons. The van der Waals surface area contributed by atoms with Gasteiger partial charge in [-0.05, 0) is 50.8 Å². The summed E-state index contributed by atoms with van der Waals surface area (Å²) in [6, 6.07) is 7.03. The zero-order chi connectivity index (χ0) is 16.9. The monoisotopic (exact) mass is 319 g/mol. The minimum Gasteiger partial charge on any atom is -0.481 e. The van der Waals surface area contributed by atoms with Gasteiger partial charge in [-0.1, -0.05) is 18.6 Å². The Morgan fingerprint density at radius 2 is 1.96 bits per heavy atom. The molecule has 0 heterocycles. The highest BCUT2D eigenvalue weighted by Gasteiger charge is 2.43. The van der Waals surface area contributed by atoms with E-state index in [4.69, 9.17) is 9.84 Å². The fourth-order valence-electron chi connectivity index (χ4n) is 2.87. The molecule has 2 N–H and O–H groups in total. The molecule has 1 aliphatic carbocycles. The average Bonchev–Trinajstić information content (AvgIpc) is 2.49. The van der Waals surface area contributed by atoms with E-state index in [1.165, 1.54) is 0 Å². The number of hydrogen-bond acceptors (Lipinski definition) is 3. The van der Waals surface area contributed by atoms with Gasteiger partial charge >= 0.3 is 5.97 Å². The van der Waals surface area contributed by atoms with Crippen molar-refractivity contribution in [2.45, 2.75) is 45.4 Å². The number of carbonyl (C=O) groups excluding carboxylic acids is 1. The summed E-state index contributed by atoms with van der Waals surface area (Å²) in [6.45, 7) is 4.88. The molecule has 1 saturated carbocycles. The maximum atomic E-state index is 12.6. The van der Waals surface area contributed by atoms with Crippen molar-refractivity contribution < 1.29 is 19.4 Å². The van der Waals surface area contributed by atoms with Crippen LogP contribution in [0.1, 0.15) is 51.0 Å². The summed E-state index contributed by atoms with van der Waals surface area (Å²) in [5.41, 5.74) is 1.13. The van der Waals surface area contributed by atoms with Gasteiger partial charge in [-0.15, -0.1) is 0 Å². The van der Waals surface area contributed by atoms with Crippen molar-refractivity contribution in [1.29, 1.82) is 0 Å². The quantitative estimate of drug-likeness (QED) is 0.720. The molecule has 1 aliphatic rings. The van der Waals surface area contributed by atoms with Gasteiger partial charge in [0.2, 0.25) is 5.91 Å². The van der Waals surface area contributed by atoms with Crippen molar-refractivity contribution in [3.05, 3.63) is 29.8 Å². The van der Waals surface area contributed by atoms with Gasteiger partial charge in [-0.2, -0.15) is 0 Å². The number of aliphatic carboxylic acids is 1. The molecule has 1 aromatic carbocycles. The van der Waals surface area contributed by atoms with E-state index in [1.807, 2.05) is 6.92 Å². The second kappa shape index (κ2) is 7.59. The Hall–Kier alpha value is -1.88.